The predicted molar refractivity (Wildman–Crippen MR) is 100 cm³/mol. The Bertz CT molecular complexity index is 1010. The molecule has 1 aromatic carbocycles. The Labute approximate surface area is 155 Å². The summed E-state index contributed by atoms with van der Waals surface area (Å²) in [4.78, 5) is 22.2. The van der Waals surface area contributed by atoms with E-state index in [0.29, 0.717) is 35.6 Å². The molecule has 0 radical (unpaired) electrons. The molecule has 1 aliphatic rings. The number of nitrogens with zero attached hydrogens (tertiary/aromatic N) is 5. The molecular weight excluding hydrogens is 347 g/mol. The van der Waals surface area contributed by atoms with Crippen molar-refractivity contribution in [1.82, 2.24) is 24.6 Å². The third-order valence-corrected chi connectivity index (χ3v) is 4.86. The van der Waals surface area contributed by atoms with E-state index in [9.17, 15) is 9.18 Å². The fourth-order valence-electron chi connectivity index (χ4n) is 3.54. The zero-order valence-corrected chi connectivity index (χ0v) is 14.7. The Morgan fingerprint density at radius 1 is 1.30 bits per heavy atom. The predicted octanol–water partition coefficient (Wildman–Crippen LogP) is 2.56. The molecule has 3 aromatic rings. The van der Waals surface area contributed by atoms with Crippen LogP contribution >= 0.6 is 0 Å². The van der Waals surface area contributed by atoms with E-state index in [0.717, 1.165) is 18.4 Å². The molecule has 0 saturated carbocycles. The quantitative estimate of drug-likeness (QED) is 0.720. The summed E-state index contributed by atoms with van der Waals surface area (Å²) in [5.41, 5.74) is 8.06. The van der Waals surface area contributed by atoms with Crippen LogP contribution in [0.1, 0.15) is 18.9 Å². The lowest BCUT2D eigenvalue weighted by molar-refractivity contribution is -0.127. The lowest BCUT2D eigenvalue weighted by Crippen LogP contribution is -2.40. The van der Waals surface area contributed by atoms with Crippen LogP contribution in [0, 0.1) is 5.82 Å². The zero-order chi connectivity index (χ0) is 19.0. The van der Waals surface area contributed by atoms with Crippen LogP contribution in [0.4, 0.5) is 10.2 Å². The maximum Gasteiger partial charge on any atom is 0.246 e. The summed E-state index contributed by atoms with van der Waals surface area (Å²) in [6, 6.07) is 6.04. The Kier molecular flexibility index (Phi) is 4.31. The fraction of sp³-hybridized carbons (Fsp3) is 0.263. The van der Waals surface area contributed by atoms with Crippen LogP contribution in [-0.2, 0) is 4.79 Å². The minimum Gasteiger partial charge on any atom is -0.383 e. The molecule has 1 saturated heterocycles. The van der Waals surface area contributed by atoms with E-state index in [4.69, 9.17) is 10.8 Å². The highest BCUT2D eigenvalue weighted by atomic mass is 19.1. The topological polar surface area (TPSA) is 89.9 Å². The van der Waals surface area contributed by atoms with Gasteiger partial charge in [-0.3, -0.25) is 4.79 Å². The summed E-state index contributed by atoms with van der Waals surface area (Å²) in [5.74, 6) is -0.0953. The number of carbonyl (C=O) groups excluding carboxylic acids is 1. The minimum absolute atomic E-state index is 0.0337. The number of hydrogen-bond donors (Lipinski definition) is 1. The van der Waals surface area contributed by atoms with Gasteiger partial charge in [0.2, 0.25) is 5.91 Å². The molecule has 0 spiro atoms. The summed E-state index contributed by atoms with van der Waals surface area (Å²) in [6.07, 6.45) is 4.45. The number of aromatic nitrogens is 4. The average Bonchev–Trinajstić information content (AvgIpc) is 3.09. The number of hydrogen-bond acceptors (Lipinski definition) is 5. The number of nitrogen functional groups attached to an aromatic ring is 1. The summed E-state index contributed by atoms with van der Waals surface area (Å²) >= 11 is 0. The third kappa shape index (κ3) is 3.03. The van der Waals surface area contributed by atoms with E-state index >= 15 is 0 Å². The standard InChI is InChI=1S/C19H19FN6O/c1-2-15(27)25-9-3-4-14(10-25)26-19-16(18(21)22-11-23-19)17(24-26)12-5-7-13(20)8-6-12/h2,5-8,11,14H,1,3-4,9-10H2,(H2,21,22,23). The molecule has 1 amide bonds. The second kappa shape index (κ2) is 6.79. The molecule has 3 heterocycles. The normalized spacial score (nSPS) is 17.2. The molecule has 27 heavy (non-hydrogen) atoms. The lowest BCUT2D eigenvalue weighted by atomic mass is 10.1. The second-order valence-corrected chi connectivity index (χ2v) is 6.54. The molecule has 2 N–H and O–H groups in total. The van der Waals surface area contributed by atoms with Gasteiger partial charge in [0.25, 0.3) is 0 Å². The van der Waals surface area contributed by atoms with Gasteiger partial charge in [0.05, 0.1) is 11.4 Å². The monoisotopic (exact) mass is 366 g/mol. The molecule has 0 aliphatic carbocycles. The van der Waals surface area contributed by atoms with E-state index in [1.54, 1.807) is 17.0 Å². The van der Waals surface area contributed by atoms with Crippen molar-refractivity contribution >= 4 is 22.8 Å². The molecule has 4 rings (SSSR count). The highest BCUT2D eigenvalue weighted by Gasteiger charge is 2.27. The molecule has 138 valence electrons. The Morgan fingerprint density at radius 2 is 2.07 bits per heavy atom. The summed E-state index contributed by atoms with van der Waals surface area (Å²) in [6.45, 7) is 4.78. The van der Waals surface area contributed by atoms with E-state index in [2.05, 4.69) is 16.5 Å². The first-order valence-corrected chi connectivity index (χ1v) is 8.74. The Morgan fingerprint density at radius 3 is 2.81 bits per heavy atom. The second-order valence-electron chi connectivity index (χ2n) is 6.54. The fourth-order valence-corrected chi connectivity index (χ4v) is 3.54. The van der Waals surface area contributed by atoms with Crippen molar-refractivity contribution in [2.75, 3.05) is 18.8 Å². The summed E-state index contributed by atoms with van der Waals surface area (Å²) < 4.78 is 15.1. The molecule has 1 atom stereocenters. The number of likely N-dealkylation sites (tertiary alicyclic amines) is 1. The first-order chi connectivity index (χ1) is 13.1. The van der Waals surface area contributed by atoms with Gasteiger partial charge < -0.3 is 10.6 Å². The van der Waals surface area contributed by atoms with Crippen molar-refractivity contribution < 1.29 is 9.18 Å². The number of halogens is 1. The Balaban J connectivity index is 1.82. The van der Waals surface area contributed by atoms with Gasteiger partial charge in [0, 0.05) is 18.7 Å². The highest BCUT2D eigenvalue weighted by Crippen LogP contribution is 2.33. The number of piperidine rings is 1. The smallest absolute Gasteiger partial charge is 0.246 e. The number of carbonyl (C=O) groups is 1. The number of anilines is 1. The molecule has 1 unspecified atom stereocenters. The van der Waals surface area contributed by atoms with Gasteiger partial charge in [-0.25, -0.2) is 19.0 Å². The van der Waals surface area contributed by atoms with Crippen LogP contribution in [0.5, 0.6) is 0 Å². The largest absolute Gasteiger partial charge is 0.383 e. The van der Waals surface area contributed by atoms with Crippen LogP contribution in [0.15, 0.2) is 43.2 Å². The van der Waals surface area contributed by atoms with Gasteiger partial charge in [0.1, 0.15) is 23.7 Å². The van der Waals surface area contributed by atoms with Crippen molar-refractivity contribution in [3.63, 3.8) is 0 Å². The molecule has 7 nitrogen and oxygen atoms in total. The zero-order valence-electron chi connectivity index (χ0n) is 14.7. The molecule has 8 heteroatoms. The van der Waals surface area contributed by atoms with Crippen LogP contribution in [0.3, 0.4) is 0 Å². The maximum atomic E-state index is 13.3. The number of rotatable bonds is 3. The van der Waals surface area contributed by atoms with Crippen LogP contribution in [0.2, 0.25) is 0 Å². The first-order valence-electron chi connectivity index (χ1n) is 8.74. The van der Waals surface area contributed by atoms with Gasteiger partial charge in [-0.15, -0.1) is 0 Å². The van der Waals surface area contributed by atoms with Gasteiger partial charge >= 0.3 is 0 Å². The Hall–Kier alpha value is -3.29. The minimum atomic E-state index is -0.322. The first kappa shape index (κ1) is 17.1. The summed E-state index contributed by atoms with van der Waals surface area (Å²) in [5, 5.41) is 5.38. The third-order valence-electron chi connectivity index (χ3n) is 4.86. The number of amides is 1. The van der Waals surface area contributed by atoms with E-state index in [-0.39, 0.29) is 17.8 Å². The lowest BCUT2D eigenvalue weighted by Gasteiger charge is -2.32. The maximum absolute atomic E-state index is 13.3. The number of fused-ring (bicyclic) bond motifs is 1. The van der Waals surface area contributed by atoms with E-state index in [1.165, 1.54) is 24.5 Å². The van der Waals surface area contributed by atoms with Gasteiger partial charge in [-0.05, 0) is 43.2 Å². The van der Waals surface area contributed by atoms with Crippen LogP contribution in [0.25, 0.3) is 22.3 Å². The van der Waals surface area contributed by atoms with Crippen molar-refractivity contribution in [2.24, 2.45) is 0 Å². The molecular formula is C19H19FN6O. The number of nitrogens with two attached hydrogens (primary N) is 1. The van der Waals surface area contributed by atoms with Gasteiger partial charge in [0.15, 0.2) is 5.65 Å². The van der Waals surface area contributed by atoms with Crippen LogP contribution in [-0.4, -0.2) is 43.6 Å². The summed E-state index contributed by atoms with van der Waals surface area (Å²) in [7, 11) is 0. The molecule has 1 aliphatic heterocycles. The van der Waals surface area contributed by atoms with Gasteiger partial charge in [-0.2, -0.15) is 5.10 Å². The van der Waals surface area contributed by atoms with Crippen molar-refractivity contribution in [3.8, 4) is 11.3 Å². The SMILES string of the molecule is C=CC(=O)N1CCCC(n2nc(-c3ccc(F)cc3)c3c(N)ncnc32)C1. The average molecular weight is 366 g/mol. The molecule has 0 bridgehead atoms. The van der Waals surface area contributed by atoms with Crippen molar-refractivity contribution in [1.29, 1.82) is 0 Å². The van der Waals surface area contributed by atoms with Crippen molar-refractivity contribution in [2.45, 2.75) is 18.9 Å². The number of benzene rings is 1. The van der Waals surface area contributed by atoms with Crippen molar-refractivity contribution in [3.05, 3.63) is 49.1 Å². The van der Waals surface area contributed by atoms with Gasteiger partial charge in [-0.1, -0.05) is 6.58 Å². The van der Waals surface area contributed by atoms with Crippen LogP contribution < -0.4 is 5.73 Å². The molecule has 1 fully saturated rings. The highest BCUT2D eigenvalue weighted by molar-refractivity contribution is 5.98. The molecule has 2 aromatic heterocycles. The van der Waals surface area contributed by atoms with E-state index < -0.39 is 0 Å². The van der Waals surface area contributed by atoms with E-state index in [1.807, 2.05) is 4.68 Å².